The van der Waals surface area contributed by atoms with E-state index in [0.29, 0.717) is 13.2 Å². The minimum Gasteiger partial charge on any atom is -0.496 e. The van der Waals surface area contributed by atoms with Crippen LogP contribution in [0.25, 0.3) is 0 Å². The van der Waals surface area contributed by atoms with Gasteiger partial charge < -0.3 is 15.2 Å². The highest BCUT2D eigenvalue weighted by Crippen LogP contribution is 2.29. The summed E-state index contributed by atoms with van der Waals surface area (Å²) in [5, 5.41) is 0. The van der Waals surface area contributed by atoms with Crippen LogP contribution in [0, 0.1) is 5.92 Å². The summed E-state index contributed by atoms with van der Waals surface area (Å²) in [5.74, 6) is 1.67. The van der Waals surface area contributed by atoms with Gasteiger partial charge in [0.05, 0.1) is 13.7 Å². The molecule has 2 rings (SSSR count). The van der Waals surface area contributed by atoms with Crippen LogP contribution < -0.4 is 10.5 Å². The quantitative estimate of drug-likeness (QED) is 0.800. The normalized spacial score (nSPS) is 15.1. The maximum Gasteiger partial charge on any atom is 0.123 e. The molecule has 0 radical (unpaired) electrons. The molecule has 1 aliphatic carbocycles. The second-order valence-corrected chi connectivity index (χ2v) is 4.31. The van der Waals surface area contributed by atoms with Crippen LogP contribution in [0.2, 0.25) is 0 Å². The van der Waals surface area contributed by atoms with Crippen molar-refractivity contribution in [2.45, 2.75) is 26.0 Å². The number of hydrogen-bond acceptors (Lipinski definition) is 3. The largest absolute Gasteiger partial charge is 0.496 e. The van der Waals surface area contributed by atoms with Gasteiger partial charge in [0.1, 0.15) is 5.75 Å². The number of methoxy groups -OCH3 is 1. The fourth-order valence-corrected chi connectivity index (χ4v) is 1.71. The average Bonchev–Trinajstić information content (AvgIpc) is 3.13. The zero-order valence-corrected chi connectivity index (χ0v) is 9.74. The van der Waals surface area contributed by atoms with Crippen molar-refractivity contribution in [3.05, 3.63) is 29.3 Å². The molecule has 0 unspecified atom stereocenters. The SMILES string of the molecule is COc1ccc(COCC2CC2)cc1CN. The van der Waals surface area contributed by atoms with Crippen molar-refractivity contribution >= 4 is 0 Å². The molecule has 0 atom stereocenters. The lowest BCUT2D eigenvalue weighted by molar-refractivity contribution is 0.111. The number of ether oxygens (including phenoxy) is 2. The summed E-state index contributed by atoms with van der Waals surface area (Å²) in [5.41, 5.74) is 7.87. The lowest BCUT2D eigenvalue weighted by atomic mass is 10.1. The Morgan fingerprint density at radius 2 is 2.19 bits per heavy atom. The molecule has 1 aromatic rings. The van der Waals surface area contributed by atoms with E-state index in [1.165, 1.54) is 18.4 Å². The fourth-order valence-electron chi connectivity index (χ4n) is 1.71. The molecule has 0 spiro atoms. The lowest BCUT2D eigenvalue weighted by Gasteiger charge is -2.09. The first-order valence-electron chi connectivity index (χ1n) is 5.77. The highest BCUT2D eigenvalue weighted by molar-refractivity contribution is 5.36. The standard InChI is InChI=1S/C13H19NO2/c1-15-13-5-4-11(6-12(13)7-14)9-16-8-10-2-3-10/h4-6,10H,2-3,7-9,14H2,1H3. The number of benzene rings is 1. The van der Waals surface area contributed by atoms with Crippen molar-refractivity contribution in [2.24, 2.45) is 11.7 Å². The summed E-state index contributed by atoms with van der Waals surface area (Å²) in [4.78, 5) is 0. The highest BCUT2D eigenvalue weighted by atomic mass is 16.5. The zero-order valence-electron chi connectivity index (χ0n) is 9.74. The molecule has 16 heavy (non-hydrogen) atoms. The van der Waals surface area contributed by atoms with Gasteiger partial charge in [0.15, 0.2) is 0 Å². The van der Waals surface area contributed by atoms with Crippen LogP contribution in [-0.4, -0.2) is 13.7 Å². The number of nitrogens with two attached hydrogens (primary N) is 1. The van der Waals surface area contributed by atoms with Crippen LogP contribution in [0.5, 0.6) is 5.75 Å². The fraction of sp³-hybridized carbons (Fsp3) is 0.538. The molecular weight excluding hydrogens is 202 g/mol. The summed E-state index contributed by atoms with van der Waals surface area (Å²) >= 11 is 0. The third kappa shape index (κ3) is 2.97. The van der Waals surface area contributed by atoms with E-state index in [4.69, 9.17) is 15.2 Å². The number of rotatable bonds is 6. The highest BCUT2D eigenvalue weighted by Gasteiger charge is 2.21. The topological polar surface area (TPSA) is 44.5 Å². The molecule has 2 N–H and O–H groups in total. The number of hydrogen-bond donors (Lipinski definition) is 1. The Balaban J connectivity index is 1.92. The van der Waals surface area contributed by atoms with Crippen LogP contribution >= 0.6 is 0 Å². The molecule has 1 aliphatic rings. The van der Waals surface area contributed by atoms with Crippen molar-refractivity contribution in [3.63, 3.8) is 0 Å². The van der Waals surface area contributed by atoms with Gasteiger partial charge in [-0.25, -0.2) is 0 Å². The predicted molar refractivity (Wildman–Crippen MR) is 63.3 cm³/mol. The van der Waals surface area contributed by atoms with Gasteiger partial charge in [-0.3, -0.25) is 0 Å². The van der Waals surface area contributed by atoms with Crippen molar-refractivity contribution in [3.8, 4) is 5.75 Å². The first-order chi connectivity index (χ1) is 7.83. The van der Waals surface area contributed by atoms with E-state index >= 15 is 0 Å². The van der Waals surface area contributed by atoms with E-state index in [1.54, 1.807) is 7.11 Å². The summed E-state index contributed by atoms with van der Waals surface area (Å²) < 4.78 is 10.9. The first-order valence-corrected chi connectivity index (χ1v) is 5.77. The van der Waals surface area contributed by atoms with Gasteiger partial charge >= 0.3 is 0 Å². The molecule has 0 heterocycles. The molecule has 1 saturated carbocycles. The molecule has 1 fully saturated rings. The zero-order chi connectivity index (χ0) is 11.4. The third-order valence-corrected chi connectivity index (χ3v) is 2.88. The Bertz CT molecular complexity index is 348. The van der Waals surface area contributed by atoms with E-state index < -0.39 is 0 Å². The Kier molecular flexibility index (Phi) is 3.80. The molecule has 0 bridgehead atoms. The van der Waals surface area contributed by atoms with Gasteiger partial charge in [-0.1, -0.05) is 6.07 Å². The maximum atomic E-state index is 5.66. The van der Waals surface area contributed by atoms with E-state index in [1.807, 2.05) is 12.1 Å². The summed E-state index contributed by atoms with van der Waals surface area (Å²) in [6.07, 6.45) is 2.66. The monoisotopic (exact) mass is 221 g/mol. The van der Waals surface area contributed by atoms with E-state index in [0.717, 1.165) is 23.8 Å². The van der Waals surface area contributed by atoms with E-state index in [-0.39, 0.29) is 0 Å². The molecule has 0 aliphatic heterocycles. The molecule has 0 saturated heterocycles. The van der Waals surface area contributed by atoms with Crippen molar-refractivity contribution in [1.29, 1.82) is 0 Å². The molecule has 3 heteroatoms. The molecule has 3 nitrogen and oxygen atoms in total. The molecule has 0 aromatic heterocycles. The molecule has 1 aromatic carbocycles. The minimum absolute atomic E-state index is 0.500. The van der Waals surface area contributed by atoms with Gasteiger partial charge in [0, 0.05) is 18.7 Å². The molecule has 88 valence electrons. The summed E-state index contributed by atoms with van der Waals surface area (Å²) in [6, 6.07) is 6.05. The van der Waals surface area contributed by atoms with Gasteiger partial charge in [-0.15, -0.1) is 0 Å². The van der Waals surface area contributed by atoms with Crippen LogP contribution in [0.3, 0.4) is 0 Å². The predicted octanol–water partition coefficient (Wildman–Crippen LogP) is 2.08. The Morgan fingerprint density at radius 1 is 1.38 bits per heavy atom. The van der Waals surface area contributed by atoms with Gasteiger partial charge in [-0.2, -0.15) is 0 Å². The van der Waals surface area contributed by atoms with Gasteiger partial charge in [-0.05, 0) is 36.5 Å². The lowest BCUT2D eigenvalue weighted by Crippen LogP contribution is -2.02. The van der Waals surface area contributed by atoms with Gasteiger partial charge in [0.25, 0.3) is 0 Å². The van der Waals surface area contributed by atoms with Crippen molar-refractivity contribution in [1.82, 2.24) is 0 Å². The van der Waals surface area contributed by atoms with E-state index in [2.05, 4.69) is 6.07 Å². The van der Waals surface area contributed by atoms with Crippen LogP contribution in [-0.2, 0) is 17.9 Å². The van der Waals surface area contributed by atoms with Crippen LogP contribution in [0.15, 0.2) is 18.2 Å². The van der Waals surface area contributed by atoms with Crippen LogP contribution in [0.1, 0.15) is 24.0 Å². The molecular formula is C13H19NO2. The third-order valence-electron chi connectivity index (χ3n) is 2.88. The minimum atomic E-state index is 0.500. The van der Waals surface area contributed by atoms with Crippen molar-refractivity contribution in [2.75, 3.05) is 13.7 Å². The maximum absolute atomic E-state index is 5.66. The summed E-state index contributed by atoms with van der Waals surface area (Å²) in [6.45, 7) is 2.07. The second kappa shape index (κ2) is 5.32. The molecule has 0 amide bonds. The average molecular weight is 221 g/mol. The Hall–Kier alpha value is -1.06. The Morgan fingerprint density at radius 3 is 2.81 bits per heavy atom. The summed E-state index contributed by atoms with van der Waals surface area (Å²) in [7, 11) is 1.66. The first kappa shape index (κ1) is 11.4. The Labute approximate surface area is 96.5 Å². The smallest absolute Gasteiger partial charge is 0.123 e. The second-order valence-electron chi connectivity index (χ2n) is 4.31. The van der Waals surface area contributed by atoms with Gasteiger partial charge in [0.2, 0.25) is 0 Å². The van der Waals surface area contributed by atoms with Crippen molar-refractivity contribution < 1.29 is 9.47 Å². The van der Waals surface area contributed by atoms with Crippen LogP contribution in [0.4, 0.5) is 0 Å². The van der Waals surface area contributed by atoms with E-state index in [9.17, 15) is 0 Å².